The van der Waals surface area contributed by atoms with Crippen molar-refractivity contribution in [3.05, 3.63) is 142 Å². The molecule has 0 radical (unpaired) electrons. The van der Waals surface area contributed by atoms with Crippen molar-refractivity contribution >= 4 is 44.4 Å². The molecule has 2 aliphatic heterocycles. The Morgan fingerprint density at radius 2 is 0.823 bits per heavy atom. The third-order valence-electron chi connectivity index (χ3n) is 17.2. The second-order valence-corrected chi connectivity index (χ2v) is 20.6. The average molecular weight is 811 g/mol. The van der Waals surface area contributed by atoms with Crippen LogP contribution in [-0.4, -0.2) is 19.9 Å². The van der Waals surface area contributed by atoms with E-state index < -0.39 is 0 Å². The number of aromatic nitrogens is 4. The van der Waals surface area contributed by atoms with Crippen molar-refractivity contribution < 1.29 is 0 Å². The Labute approximate surface area is 366 Å². The maximum atomic E-state index is 5.96. The number of fused-ring (bicyclic) bond motifs is 12. The molecule has 4 nitrogen and oxygen atoms in total. The van der Waals surface area contributed by atoms with E-state index in [9.17, 15) is 0 Å². The predicted octanol–water partition coefficient (Wildman–Crippen LogP) is 15.0. The first-order valence-corrected chi connectivity index (χ1v) is 24.8. The first-order chi connectivity index (χ1) is 30.7. The van der Waals surface area contributed by atoms with Gasteiger partial charge < -0.3 is 9.97 Å². The Hall–Kier alpha value is -5.22. The molecule has 8 atom stereocenters. The molecule has 0 saturated carbocycles. The first-order valence-electron chi connectivity index (χ1n) is 24.8. The number of nitrogens with one attached hydrogen (secondary N) is 2. The molecule has 16 bridgehead atoms. The molecule has 5 heterocycles. The second kappa shape index (κ2) is 13.9. The van der Waals surface area contributed by atoms with Gasteiger partial charge in [0.25, 0.3) is 0 Å². The van der Waals surface area contributed by atoms with Crippen LogP contribution in [-0.2, 0) is 6.42 Å². The van der Waals surface area contributed by atoms with Gasteiger partial charge in [0.2, 0.25) is 0 Å². The van der Waals surface area contributed by atoms with Crippen molar-refractivity contribution in [1.82, 2.24) is 19.9 Å². The number of aryl methyl sites for hydroxylation is 1. The fourth-order valence-electron chi connectivity index (χ4n) is 14.3. The van der Waals surface area contributed by atoms with Crippen LogP contribution in [0.1, 0.15) is 171 Å². The number of aromatic amines is 2. The van der Waals surface area contributed by atoms with E-state index in [2.05, 4.69) is 108 Å². The van der Waals surface area contributed by atoms with Crippen molar-refractivity contribution in [2.24, 2.45) is 23.7 Å². The minimum Gasteiger partial charge on any atom is -0.355 e. The molecule has 0 spiro atoms. The van der Waals surface area contributed by atoms with E-state index in [-0.39, 0.29) is 0 Å². The van der Waals surface area contributed by atoms with Gasteiger partial charge in [-0.2, -0.15) is 0 Å². The fourth-order valence-corrected chi connectivity index (χ4v) is 14.3. The van der Waals surface area contributed by atoms with Crippen LogP contribution in [0.5, 0.6) is 0 Å². The molecule has 3 aromatic heterocycles. The van der Waals surface area contributed by atoms with Gasteiger partial charge >= 0.3 is 0 Å². The highest BCUT2D eigenvalue weighted by Crippen LogP contribution is 2.58. The molecule has 4 aromatic rings. The lowest BCUT2D eigenvalue weighted by atomic mass is 9.68. The van der Waals surface area contributed by atoms with Crippen molar-refractivity contribution in [3.63, 3.8) is 0 Å². The van der Waals surface area contributed by atoms with Crippen molar-refractivity contribution in [3.8, 4) is 11.1 Å². The summed E-state index contributed by atoms with van der Waals surface area (Å²) in [5.41, 5.74) is 25.8. The zero-order chi connectivity index (χ0) is 40.6. The molecule has 2 N–H and O–H groups in total. The topological polar surface area (TPSA) is 57.4 Å². The monoisotopic (exact) mass is 810 g/mol. The van der Waals surface area contributed by atoms with Gasteiger partial charge in [0.1, 0.15) is 0 Å². The average Bonchev–Trinajstić information content (AvgIpc) is 4.11. The summed E-state index contributed by atoms with van der Waals surface area (Å²) >= 11 is 0. The van der Waals surface area contributed by atoms with Gasteiger partial charge in [-0.25, -0.2) is 9.97 Å². The molecule has 62 heavy (non-hydrogen) atoms. The minimum atomic E-state index is 0.379. The number of unbranched alkanes of at least 4 members (excludes halogenated alkanes) is 5. The Morgan fingerprint density at radius 3 is 1.26 bits per heavy atom. The third-order valence-corrected chi connectivity index (χ3v) is 17.2. The highest BCUT2D eigenvalue weighted by Gasteiger charge is 2.43. The molecule has 0 saturated heterocycles. The van der Waals surface area contributed by atoms with E-state index in [1.807, 2.05) is 0 Å². The lowest BCUT2D eigenvalue weighted by molar-refractivity contribution is 0.557. The second-order valence-electron chi connectivity index (χ2n) is 20.6. The molecule has 18 rings (SSSR count). The normalized spacial score (nSPS) is 28.6. The van der Waals surface area contributed by atoms with Crippen LogP contribution in [0.15, 0.2) is 91.1 Å². The molecule has 1 aromatic carbocycles. The lowest BCUT2D eigenvalue weighted by Gasteiger charge is -2.34. The summed E-state index contributed by atoms with van der Waals surface area (Å²) in [5, 5.41) is 0. The van der Waals surface area contributed by atoms with E-state index in [1.165, 1.54) is 196 Å². The van der Waals surface area contributed by atoms with Gasteiger partial charge in [-0.05, 0) is 138 Å². The number of rotatable bonds is 8. The molecular formula is C58H58N4. The summed E-state index contributed by atoms with van der Waals surface area (Å²) in [6, 6.07) is 17.2. The molecule has 12 aliphatic carbocycles. The van der Waals surface area contributed by atoms with Crippen molar-refractivity contribution in [1.29, 1.82) is 0 Å². The Balaban J connectivity index is 1.07. The van der Waals surface area contributed by atoms with E-state index in [4.69, 9.17) is 9.97 Å². The summed E-state index contributed by atoms with van der Waals surface area (Å²) in [5.74, 6) is 3.36. The summed E-state index contributed by atoms with van der Waals surface area (Å²) in [6.45, 7) is 2.31. The largest absolute Gasteiger partial charge is 0.355 e. The minimum absolute atomic E-state index is 0.379. The van der Waals surface area contributed by atoms with Gasteiger partial charge in [0, 0.05) is 75.0 Å². The lowest BCUT2D eigenvalue weighted by Crippen LogP contribution is -2.20. The smallest absolute Gasteiger partial charge is 0.0778 e. The van der Waals surface area contributed by atoms with Crippen LogP contribution in [0, 0.1) is 23.7 Å². The van der Waals surface area contributed by atoms with Crippen LogP contribution in [0.2, 0.25) is 0 Å². The summed E-state index contributed by atoms with van der Waals surface area (Å²) in [7, 11) is 0. The molecule has 4 heteroatoms. The molecule has 14 aliphatic rings. The Morgan fingerprint density at radius 1 is 0.435 bits per heavy atom. The number of benzene rings is 1. The van der Waals surface area contributed by atoms with Crippen LogP contribution in [0.4, 0.5) is 0 Å². The summed E-state index contributed by atoms with van der Waals surface area (Å²) in [6.07, 6.45) is 38.9. The van der Waals surface area contributed by atoms with Crippen LogP contribution >= 0.6 is 0 Å². The van der Waals surface area contributed by atoms with Crippen LogP contribution in [0.25, 0.3) is 55.5 Å². The summed E-state index contributed by atoms with van der Waals surface area (Å²) < 4.78 is 0. The Kier molecular flexibility index (Phi) is 8.13. The van der Waals surface area contributed by atoms with Crippen molar-refractivity contribution in [2.75, 3.05) is 0 Å². The molecule has 0 fully saturated rings. The summed E-state index contributed by atoms with van der Waals surface area (Å²) in [4.78, 5) is 20.2. The van der Waals surface area contributed by atoms with E-state index in [0.717, 1.165) is 6.42 Å². The molecule has 0 amide bonds. The maximum Gasteiger partial charge on any atom is 0.0778 e. The highest BCUT2D eigenvalue weighted by molar-refractivity contribution is 6.06. The number of allylic oxidation sites excluding steroid dienone is 12. The number of hydrogen-bond acceptors (Lipinski definition) is 2. The number of nitrogens with zero attached hydrogens (tertiary/aromatic N) is 2. The molecule has 8 unspecified atom stereocenters. The Bertz CT molecular complexity index is 2790. The standard InChI is InChI=1S/C58H58N4/c1-2-3-4-5-6-7-8-32-9-11-41(12-10-32)56-57-54-39-25-21-37(22-26-39)52(54)46(61-57)30-44-50-35-17-13-33(14-18-35)48(50)42(59-44)29-43-49-34-15-19-36(20-16-34)51(49)45(60-43)31-47-53-38-23-27-40(28-24-38)55(53)58(56)62-47/h9-13,15,17,19,21,23,25,27,29-31,33-40,59-60H,2-8,14,16,18,20,22,24,26,28H2,1H3. The van der Waals surface area contributed by atoms with Gasteiger partial charge in [0.15, 0.2) is 0 Å². The van der Waals surface area contributed by atoms with Gasteiger partial charge in [-0.1, -0.05) is 112 Å². The van der Waals surface area contributed by atoms with E-state index in [0.29, 0.717) is 47.3 Å². The quantitative estimate of drug-likeness (QED) is 0.138. The van der Waals surface area contributed by atoms with Crippen LogP contribution in [0.3, 0.4) is 0 Å². The van der Waals surface area contributed by atoms with Crippen molar-refractivity contribution in [2.45, 2.75) is 127 Å². The van der Waals surface area contributed by atoms with Crippen LogP contribution < -0.4 is 0 Å². The molecular weight excluding hydrogens is 753 g/mol. The number of H-pyrrole nitrogens is 2. The van der Waals surface area contributed by atoms with Gasteiger partial charge in [0.05, 0.1) is 22.8 Å². The fraction of sp³-hybridized carbons (Fsp3) is 0.414. The zero-order valence-electron chi connectivity index (χ0n) is 36.3. The van der Waals surface area contributed by atoms with Gasteiger partial charge in [-0.15, -0.1) is 0 Å². The first kappa shape index (κ1) is 36.3. The zero-order valence-corrected chi connectivity index (χ0v) is 36.3. The highest BCUT2D eigenvalue weighted by atomic mass is 14.8. The maximum absolute atomic E-state index is 5.96. The van der Waals surface area contributed by atoms with Gasteiger partial charge in [-0.3, -0.25) is 0 Å². The third kappa shape index (κ3) is 5.31. The number of hydrogen-bond donors (Lipinski definition) is 2. The molecule has 310 valence electrons. The van der Waals surface area contributed by atoms with E-state index in [1.54, 1.807) is 0 Å². The predicted molar refractivity (Wildman–Crippen MR) is 256 cm³/mol. The van der Waals surface area contributed by atoms with E-state index >= 15 is 0 Å². The SMILES string of the molecule is CCCCCCCCc1ccc(-c2c3nc(cc4[nH]c(cc5[nH]c(cc6nc2C2=C6C6C=CC2CC6)c2c5C5C=CC2CC5)c2c4C4C=CC2CC4)C2=C3C3C=CC2CC3)cc1.